The highest BCUT2D eigenvalue weighted by Gasteiger charge is 2.17. The van der Waals surface area contributed by atoms with E-state index in [0.717, 1.165) is 56.1 Å². The lowest BCUT2D eigenvalue weighted by atomic mass is 10.00. The number of rotatable bonds is 7. The summed E-state index contributed by atoms with van der Waals surface area (Å²) in [6.07, 6.45) is 0. The predicted molar refractivity (Wildman–Crippen MR) is 258 cm³/mol. The molecule has 0 aliphatic heterocycles. The summed E-state index contributed by atoms with van der Waals surface area (Å²) in [5.41, 5.74) is 16.5. The third-order valence-corrected chi connectivity index (χ3v) is 12.1. The molecule has 0 fully saturated rings. The van der Waals surface area contributed by atoms with E-state index in [1.165, 1.54) is 49.2 Å². The van der Waals surface area contributed by atoms with Crippen molar-refractivity contribution in [2.24, 2.45) is 0 Å². The van der Waals surface area contributed by atoms with Gasteiger partial charge < -0.3 is 9.13 Å². The zero-order valence-corrected chi connectivity index (χ0v) is 33.7. The van der Waals surface area contributed by atoms with Crippen LogP contribution in [0.3, 0.4) is 0 Å². The summed E-state index contributed by atoms with van der Waals surface area (Å²) in [7, 11) is 0. The van der Waals surface area contributed by atoms with Gasteiger partial charge in [-0.15, -0.1) is 0 Å². The molecule has 3 aromatic heterocycles. The Kier molecular flexibility index (Phi) is 8.46. The highest BCUT2D eigenvalue weighted by atomic mass is 15.0. The molecule has 3 heterocycles. The number of nitrogens with zero attached hydrogens (tertiary/aromatic N) is 4. The number of hydrogen-bond acceptors (Lipinski definition) is 2. The standard InChI is InChI=1S/C58H38N4/c1-4-16-39(17-5-1)52-38-53(40-18-6-2-7-19-40)60-58(59-52)45-22-14-20-41(34-45)43-30-33-57-51(36-43)49-27-11-13-29-55(49)62(57)47-25-15-21-42(35-47)44-31-32-56-50(37-44)48-26-10-12-28-54(48)61(56)46-23-8-3-9-24-46/h1-38H. The summed E-state index contributed by atoms with van der Waals surface area (Å²) in [4.78, 5) is 10.2. The lowest BCUT2D eigenvalue weighted by Crippen LogP contribution is -1.96. The van der Waals surface area contributed by atoms with E-state index in [0.29, 0.717) is 5.82 Å². The number of para-hydroxylation sites is 3. The molecule has 12 rings (SSSR count). The Hall–Kier alpha value is -8.34. The van der Waals surface area contributed by atoms with E-state index in [4.69, 9.17) is 9.97 Å². The first-order valence-corrected chi connectivity index (χ1v) is 21.1. The van der Waals surface area contributed by atoms with Gasteiger partial charge in [-0.2, -0.15) is 0 Å². The van der Waals surface area contributed by atoms with Crippen molar-refractivity contribution in [2.75, 3.05) is 0 Å². The molecule has 0 saturated carbocycles. The van der Waals surface area contributed by atoms with E-state index < -0.39 is 0 Å². The van der Waals surface area contributed by atoms with Crippen LogP contribution in [0.15, 0.2) is 231 Å². The summed E-state index contributed by atoms with van der Waals surface area (Å²) in [5, 5.41) is 4.91. The minimum atomic E-state index is 0.700. The first kappa shape index (κ1) is 35.6. The average molecular weight is 791 g/mol. The largest absolute Gasteiger partial charge is 0.309 e. The van der Waals surface area contributed by atoms with Crippen LogP contribution in [-0.2, 0) is 0 Å². The fraction of sp³-hybridized carbons (Fsp3) is 0. The number of aromatic nitrogens is 4. The van der Waals surface area contributed by atoms with Crippen molar-refractivity contribution < 1.29 is 0 Å². The van der Waals surface area contributed by atoms with Gasteiger partial charge in [-0.25, -0.2) is 9.97 Å². The van der Waals surface area contributed by atoms with Crippen molar-refractivity contribution >= 4 is 43.6 Å². The first-order valence-electron chi connectivity index (χ1n) is 21.1. The Balaban J connectivity index is 0.946. The van der Waals surface area contributed by atoms with E-state index in [1.54, 1.807) is 0 Å². The molecule has 9 aromatic carbocycles. The van der Waals surface area contributed by atoms with Gasteiger partial charge in [-0.3, -0.25) is 0 Å². The van der Waals surface area contributed by atoms with Crippen LogP contribution < -0.4 is 0 Å². The molecule has 0 radical (unpaired) electrons. The van der Waals surface area contributed by atoms with Gasteiger partial charge in [-0.05, 0) is 95.1 Å². The van der Waals surface area contributed by atoms with Gasteiger partial charge >= 0.3 is 0 Å². The SMILES string of the molecule is c1ccc(-c2cc(-c3ccccc3)nc(-c3cccc(-c4ccc5c(c4)c4ccccc4n5-c4cccc(-c5ccc6c(c5)c5ccccc5n6-c5ccccc5)c4)c3)n2)cc1. The lowest BCUT2D eigenvalue weighted by Gasteiger charge is -2.12. The van der Waals surface area contributed by atoms with Crippen LogP contribution >= 0.6 is 0 Å². The molecule has 0 amide bonds. The van der Waals surface area contributed by atoms with Crippen LogP contribution in [0, 0.1) is 0 Å². The first-order chi connectivity index (χ1) is 30.7. The van der Waals surface area contributed by atoms with Crippen molar-refractivity contribution in [1.29, 1.82) is 0 Å². The molecule has 0 spiro atoms. The Bertz CT molecular complexity index is 3560. The third-order valence-electron chi connectivity index (χ3n) is 12.1. The van der Waals surface area contributed by atoms with Crippen molar-refractivity contribution in [3.05, 3.63) is 231 Å². The fourth-order valence-electron chi connectivity index (χ4n) is 9.19. The molecule has 4 nitrogen and oxygen atoms in total. The topological polar surface area (TPSA) is 35.6 Å². The highest BCUT2D eigenvalue weighted by molar-refractivity contribution is 6.12. The second kappa shape index (κ2) is 14.7. The van der Waals surface area contributed by atoms with Gasteiger partial charge in [0.1, 0.15) is 0 Å². The Morgan fingerprint density at radius 2 is 0.645 bits per heavy atom. The van der Waals surface area contributed by atoms with Crippen molar-refractivity contribution in [3.8, 4) is 67.5 Å². The van der Waals surface area contributed by atoms with Gasteiger partial charge in [-0.1, -0.05) is 158 Å². The van der Waals surface area contributed by atoms with Gasteiger partial charge in [0.05, 0.1) is 33.5 Å². The highest BCUT2D eigenvalue weighted by Crippen LogP contribution is 2.39. The fourth-order valence-corrected chi connectivity index (χ4v) is 9.19. The number of fused-ring (bicyclic) bond motifs is 6. The van der Waals surface area contributed by atoms with Crippen molar-refractivity contribution in [1.82, 2.24) is 19.1 Å². The minimum absolute atomic E-state index is 0.700. The lowest BCUT2D eigenvalue weighted by molar-refractivity contribution is 1.18. The van der Waals surface area contributed by atoms with Gasteiger partial charge in [0.25, 0.3) is 0 Å². The number of benzene rings is 9. The zero-order chi connectivity index (χ0) is 41.0. The molecule has 0 aliphatic carbocycles. The van der Waals surface area contributed by atoms with E-state index in [9.17, 15) is 0 Å². The maximum atomic E-state index is 5.12. The maximum absolute atomic E-state index is 5.12. The molecular formula is C58H38N4. The molecule has 12 aromatic rings. The van der Waals surface area contributed by atoms with E-state index >= 15 is 0 Å². The summed E-state index contributed by atoms with van der Waals surface area (Å²) >= 11 is 0. The number of hydrogen-bond donors (Lipinski definition) is 0. The Morgan fingerprint density at radius 3 is 1.23 bits per heavy atom. The van der Waals surface area contributed by atoms with Crippen LogP contribution in [-0.4, -0.2) is 19.1 Å². The Labute approximate surface area is 359 Å². The van der Waals surface area contributed by atoms with E-state index in [1.807, 2.05) is 12.1 Å². The van der Waals surface area contributed by atoms with Gasteiger partial charge in [0.2, 0.25) is 0 Å². The predicted octanol–water partition coefficient (Wildman–Crippen LogP) is 15.0. The van der Waals surface area contributed by atoms with Crippen LogP contribution in [0.4, 0.5) is 0 Å². The van der Waals surface area contributed by atoms with E-state index in [2.05, 4.69) is 228 Å². The van der Waals surface area contributed by atoms with Crippen molar-refractivity contribution in [2.45, 2.75) is 0 Å². The molecule has 290 valence electrons. The molecule has 0 unspecified atom stereocenters. The summed E-state index contributed by atoms with van der Waals surface area (Å²) in [6.45, 7) is 0. The van der Waals surface area contributed by atoms with Crippen LogP contribution in [0.1, 0.15) is 0 Å². The van der Waals surface area contributed by atoms with Crippen LogP contribution in [0.5, 0.6) is 0 Å². The normalized spacial score (nSPS) is 11.5. The summed E-state index contributed by atoms with van der Waals surface area (Å²) in [5.74, 6) is 0.700. The molecule has 62 heavy (non-hydrogen) atoms. The van der Waals surface area contributed by atoms with Gasteiger partial charge in [0, 0.05) is 49.6 Å². The van der Waals surface area contributed by atoms with E-state index in [-0.39, 0.29) is 0 Å². The molecule has 0 atom stereocenters. The summed E-state index contributed by atoms with van der Waals surface area (Å²) < 4.78 is 4.77. The second-order valence-electron chi connectivity index (χ2n) is 15.8. The van der Waals surface area contributed by atoms with Crippen LogP contribution in [0.2, 0.25) is 0 Å². The van der Waals surface area contributed by atoms with Gasteiger partial charge in [0.15, 0.2) is 5.82 Å². The zero-order valence-electron chi connectivity index (χ0n) is 33.7. The molecule has 0 saturated heterocycles. The molecular weight excluding hydrogens is 753 g/mol. The minimum Gasteiger partial charge on any atom is -0.309 e. The Morgan fingerprint density at radius 1 is 0.242 bits per heavy atom. The third kappa shape index (κ3) is 6.08. The van der Waals surface area contributed by atoms with Crippen molar-refractivity contribution in [3.63, 3.8) is 0 Å². The second-order valence-corrected chi connectivity index (χ2v) is 15.8. The quantitative estimate of drug-likeness (QED) is 0.161. The molecule has 0 aliphatic rings. The van der Waals surface area contributed by atoms with Crippen LogP contribution in [0.25, 0.3) is 111 Å². The molecule has 4 heteroatoms. The average Bonchev–Trinajstić information content (AvgIpc) is 3.87. The maximum Gasteiger partial charge on any atom is 0.160 e. The summed E-state index contributed by atoms with van der Waals surface area (Å²) in [6, 6.07) is 82.2. The smallest absolute Gasteiger partial charge is 0.160 e. The molecule has 0 N–H and O–H groups in total. The monoisotopic (exact) mass is 790 g/mol. The molecule has 0 bridgehead atoms.